The highest BCUT2D eigenvalue weighted by atomic mass is 32.2. The third-order valence-corrected chi connectivity index (χ3v) is 7.19. The molecule has 4 rings (SSSR count). The first-order chi connectivity index (χ1) is 14.0. The fourth-order valence-electron chi connectivity index (χ4n) is 3.16. The van der Waals surface area contributed by atoms with Crippen LogP contribution in [0.3, 0.4) is 0 Å². The SMILES string of the molecule is O=S(=O)(Cc1cscn1)c1ccc(NCc2c(F)cccc2CN2CCC2)nc1. The summed E-state index contributed by atoms with van der Waals surface area (Å²) >= 11 is 1.36. The molecule has 2 aromatic heterocycles. The summed E-state index contributed by atoms with van der Waals surface area (Å²) in [5.74, 6) is 0.0915. The fraction of sp³-hybridized carbons (Fsp3) is 0.300. The van der Waals surface area contributed by atoms with Crippen molar-refractivity contribution in [2.45, 2.75) is 30.2 Å². The van der Waals surface area contributed by atoms with Crippen molar-refractivity contribution in [2.24, 2.45) is 0 Å². The molecule has 0 atom stereocenters. The molecule has 3 heterocycles. The van der Waals surface area contributed by atoms with Gasteiger partial charge in [-0.2, -0.15) is 0 Å². The first kappa shape index (κ1) is 19.9. The van der Waals surface area contributed by atoms with Crippen molar-refractivity contribution in [3.05, 3.63) is 70.1 Å². The first-order valence-corrected chi connectivity index (χ1v) is 11.9. The summed E-state index contributed by atoms with van der Waals surface area (Å²) in [5.41, 5.74) is 3.70. The largest absolute Gasteiger partial charge is 0.366 e. The molecule has 1 fully saturated rings. The number of nitrogens with one attached hydrogen (secondary N) is 1. The number of hydrogen-bond donors (Lipinski definition) is 1. The molecule has 1 aliphatic rings. The summed E-state index contributed by atoms with van der Waals surface area (Å²) < 4.78 is 39.3. The second kappa shape index (κ2) is 8.56. The summed E-state index contributed by atoms with van der Waals surface area (Å²) in [7, 11) is -3.50. The summed E-state index contributed by atoms with van der Waals surface area (Å²) in [4.78, 5) is 10.6. The number of hydrogen-bond acceptors (Lipinski definition) is 7. The van der Waals surface area contributed by atoms with Gasteiger partial charge >= 0.3 is 0 Å². The van der Waals surface area contributed by atoms with Crippen LogP contribution in [0.5, 0.6) is 0 Å². The van der Waals surface area contributed by atoms with Crippen LogP contribution in [0.2, 0.25) is 0 Å². The normalized spacial score (nSPS) is 14.5. The van der Waals surface area contributed by atoms with Crippen molar-refractivity contribution in [1.29, 1.82) is 0 Å². The van der Waals surface area contributed by atoms with Crippen molar-refractivity contribution in [1.82, 2.24) is 14.9 Å². The molecule has 0 bridgehead atoms. The molecule has 0 radical (unpaired) electrons. The Morgan fingerprint density at radius 1 is 1.17 bits per heavy atom. The predicted molar refractivity (Wildman–Crippen MR) is 111 cm³/mol. The highest BCUT2D eigenvalue weighted by molar-refractivity contribution is 7.90. The Morgan fingerprint density at radius 2 is 2.03 bits per heavy atom. The lowest BCUT2D eigenvalue weighted by Crippen LogP contribution is -2.36. The van der Waals surface area contributed by atoms with Gasteiger partial charge in [0.05, 0.1) is 21.9 Å². The van der Waals surface area contributed by atoms with Gasteiger partial charge in [-0.05, 0) is 43.3 Å². The standard InChI is InChI=1S/C20H21FN4O2S2/c21-19-4-1-3-15(11-25-7-2-8-25)18(19)10-23-20-6-5-17(9-22-20)29(26,27)13-16-12-28-14-24-16/h1,3-6,9,12,14H,2,7-8,10-11,13H2,(H,22,23). The van der Waals surface area contributed by atoms with E-state index in [1.807, 2.05) is 6.07 Å². The fourth-order valence-corrected chi connectivity index (χ4v) is 5.03. The van der Waals surface area contributed by atoms with Crippen LogP contribution in [0.1, 0.15) is 23.2 Å². The lowest BCUT2D eigenvalue weighted by Gasteiger charge is -2.31. The molecule has 0 saturated carbocycles. The number of pyridine rings is 1. The molecule has 0 amide bonds. The van der Waals surface area contributed by atoms with Crippen LogP contribution in [0.4, 0.5) is 10.2 Å². The molecule has 9 heteroatoms. The molecule has 1 aliphatic heterocycles. The molecule has 0 spiro atoms. The zero-order valence-electron chi connectivity index (χ0n) is 15.7. The van der Waals surface area contributed by atoms with Gasteiger partial charge in [0.25, 0.3) is 0 Å². The zero-order valence-corrected chi connectivity index (χ0v) is 17.3. The smallest absolute Gasteiger partial charge is 0.185 e. The van der Waals surface area contributed by atoms with Crippen LogP contribution in [-0.2, 0) is 28.7 Å². The van der Waals surface area contributed by atoms with E-state index in [9.17, 15) is 12.8 Å². The second-order valence-corrected chi connectivity index (χ2v) is 9.69. The van der Waals surface area contributed by atoms with Gasteiger partial charge in [0.1, 0.15) is 11.6 Å². The van der Waals surface area contributed by atoms with E-state index in [2.05, 4.69) is 20.2 Å². The Morgan fingerprint density at radius 3 is 2.69 bits per heavy atom. The van der Waals surface area contributed by atoms with Gasteiger partial charge in [0, 0.05) is 30.2 Å². The Hall–Kier alpha value is -2.36. The van der Waals surface area contributed by atoms with Crippen LogP contribution in [-0.4, -0.2) is 36.4 Å². The molecule has 152 valence electrons. The van der Waals surface area contributed by atoms with E-state index in [-0.39, 0.29) is 23.0 Å². The van der Waals surface area contributed by atoms with E-state index in [4.69, 9.17) is 0 Å². The van der Waals surface area contributed by atoms with Gasteiger partial charge in [-0.3, -0.25) is 4.90 Å². The lowest BCUT2D eigenvalue weighted by atomic mass is 10.0. The van der Waals surface area contributed by atoms with E-state index < -0.39 is 9.84 Å². The second-order valence-electron chi connectivity index (χ2n) is 6.98. The van der Waals surface area contributed by atoms with Crippen LogP contribution >= 0.6 is 11.3 Å². The van der Waals surface area contributed by atoms with Crippen LogP contribution < -0.4 is 5.32 Å². The van der Waals surface area contributed by atoms with E-state index >= 15 is 0 Å². The number of nitrogens with zero attached hydrogens (tertiary/aromatic N) is 3. The van der Waals surface area contributed by atoms with Crippen LogP contribution in [0, 0.1) is 5.82 Å². The minimum atomic E-state index is -3.50. The van der Waals surface area contributed by atoms with E-state index in [1.54, 1.807) is 23.0 Å². The number of thiazole rings is 1. The minimum Gasteiger partial charge on any atom is -0.366 e. The topological polar surface area (TPSA) is 75.2 Å². The Labute approximate surface area is 173 Å². The molecular formula is C20H21FN4O2S2. The number of anilines is 1. The van der Waals surface area contributed by atoms with Crippen molar-refractivity contribution in [3.63, 3.8) is 0 Å². The summed E-state index contributed by atoms with van der Waals surface area (Å²) in [6, 6.07) is 8.25. The van der Waals surface area contributed by atoms with Crippen LogP contribution in [0.15, 0.2) is 52.3 Å². The molecule has 0 aliphatic carbocycles. The lowest BCUT2D eigenvalue weighted by molar-refractivity contribution is 0.172. The maximum absolute atomic E-state index is 14.4. The number of rotatable bonds is 8. The minimum absolute atomic E-state index is 0.139. The average Bonchev–Trinajstić information content (AvgIpc) is 3.16. The summed E-state index contributed by atoms with van der Waals surface area (Å²) in [5, 5.41) is 4.82. The van der Waals surface area contributed by atoms with Crippen LogP contribution in [0.25, 0.3) is 0 Å². The van der Waals surface area contributed by atoms with Gasteiger partial charge in [-0.15, -0.1) is 11.3 Å². The summed E-state index contributed by atoms with van der Waals surface area (Å²) in [6.45, 7) is 3.10. The van der Waals surface area contributed by atoms with Gasteiger partial charge in [0.2, 0.25) is 0 Å². The number of sulfone groups is 1. The Balaban J connectivity index is 1.43. The van der Waals surface area contributed by atoms with Gasteiger partial charge in [0.15, 0.2) is 9.84 Å². The quantitative estimate of drug-likeness (QED) is 0.588. The van der Waals surface area contributed by atoms with Gasteiger partial charge < -0.3 is 5.32 Å². The highest BCUT2D eigenvalue weighted by Gasteiger charge is 2.18. The predicted octanol–water partition coefficient (Wildman–Crippen LogP) is 3.47. The first-order valence-electron chi connectivity index (χ1n) is 9.30. The van der Waals surface area contributed by atoms with Gasteiger partial charge in [-0.1, -0.05) is 12.1 Å². The number of halogens is 1. The average molecular weight is 433 g/mol. The molecule has 29 heavy (non-hydrogen) atoms. The zero-order chi connectivity index (χ0) is 20.3. The van der Waals surface area contributed by atoms with E-state index in [1.165, 1.54) is 36.1 Å². The highest BCUT2D eigenvalue weighted by Crippen LogP contribution is 2.21. The van der Waals surface area contributed by atoms with E-state index in [0.717, 1.165) is 25.2 Å². The molecule has 1 aromatic carbocycles. The molecule has 0 unspecified atom stereocenters. The van der Waals surface area contributed by atoms with Gasteiger partial charge in [-0.25, -0.2) is 22.8 Å². The third kappa shape index (κ3) is 4.80. The molecule has 6 nitrogen and oxygen atoms in total. The number of aromatic nitrogens is 2. The molecule has 1 saturated heterocycles. The monoisotopic (exact) mass is 432 g/mol. The number of benzene rings is 1. The number of likely N-dealkylation sites (tertiary alicyclic amines) is 1. The van der Waals surface area contributed by atoms with Crippen molar-refractivity contribution in [3.8, 4) is 0 Å². The van der Waals surface area contributed by atoms with Crippen molar-refractivity contribution >= 4 is 27.0 Å². The Bertz CT molecular complexity index is 1070. The molecule has 3 aromatic rings. The Kier molecular flexibility index (Phi) is 5.89. The van der Waals surface area contributed by atoms with Crippen molar-refractivity contribution < 1.29 is 12.8 Å². The molecule has 1 N–H and O–H groups in total. The summed E-state index contributed by atoms with van der Waals surface area (Å²) in [6.07, 6.45) is 2.51. The maximum atomic E-state index is 14.4. The van der Waals surface area contributed by atoms with E-state index in [0.29, 0.717) is 17.1 Å². The third-order valence-electron chi connectivity index (χ3n) is 4.92. The maximum Gasteiger partial charge on any atom is 0.185 e. The molecular weight excluding hydrogens is 411 g/mol. The van der Waals surface area contributed by atoms with Crippen molar-refractivity contribution in [2.75, 3.05) is 18.4 Å².